The van der Waals surface area contributed by atoms with Gasteiger partial charge in [0.2, 0.25) is 0 Å². The van der Waals surface area contributed by atoms with Crippen LogP contribution in [0.5, 0.6) is 0 Å². The van der Waals surface area contributed by atoms with Crippen molar-refractivity contribution >= 4 is 29.1 Å². The van der Waals surface area contributed by atoms with E-state index in [-0.39, 0.29) is 42.5 Å². The number of hydrogen-bond acceptors (Lipinski definition) is 9. The van der Waals surface area contributed by atoms with E-state index in [9.17, 15) is 18.8 Å². The zero-order valence-corrected chi connectivity index (χ0v) is 26.5. The van der Waals surface area contributed by atoms with Crippen LogP contribution in [0.3, 0.4) is 0 Å². The molecule has 238 valence electrons. The Bertz CT molecular complexity index is 1510. The van der Waals surface area contributed by atoms with Crippen molar-refractivity contribution in [2.45, 2.75) is 78.1 Å². The fourth-order valence-electron chi connectivity index (χ4n) is 5.19. The van der Waals surface area contributed by atoms with Crippen LogP contribution in [-0.4, -0.2) is 76.8 Å². The number of benzene rings is 1. The average Bonchev–Trinajstić information content (AvgIpc) is 3.39. The van der Waals surface area contributed by atoms with Crippen molar-refractivity contribution in [3.05, 3.63) is 58.7 Å². The summed E-state index contributed by atoms with van der Waals surface area (Å²) in [5, 5.41) is 7.24. The number of Topliss-reactive ketones (excluding diaryl/α,β-unsaturated/α-hetero) is 1. The molecule has 0 saturated carbocycles. The van der Waals surface area contributed by atoms with Crippen molar-refractivity contribution in [3.8, 4) is 0 Å². The van der Waals surface area contributed by atoms with Crippen LogP contribution in [0.15, 0.2) is 30.3 Å². The number of anilines is 1. The highest BCUT2D eigenvalue weighted by Gasteiger charge is 2.38. The number of aryl methyl sites for hydroxylation is 1. The summed E-state index contributed by atoms with van der Waals surface area (Å²) in [6.45, 7) is 12.3. The Morgan fingerprint density at radius 2 is 1.80 bits per heavy atom. The Kier molecular flexibility index (Phi) is 10.0. The van der Waals surface area contributed by atoms with Crippen LogP contribution in [0.1, 0.15) is 80.9 Å². The molecule has 1 amide bonds. The second kappa shape index (κ2) is 13.4. The maximum Gasteiger partial charge on any atom is 0.340 e. The highest BCUT2D eigenvalue weighted by atomic mass is 19.1. The molecular weight excluding hydrogens is 569 g/mol. The Hall–Kier alpha value is -3.90. The molecule has 2 aromatic heterocycles. The van der Waals surface area contributed by atoms with Gasteiger partial charge in [-0.05, 0) is 72.1 Å². The van der Waals surface area contributed by atoms with Gasteiger partial charge in [0, 0.05) is 38.4 Å². The lowest BCUT2D eigenvalue weighted by atomic mass is 9.93. The van der Waals surface area contributed by atoms with Crippen LogP contribution < -0.4 is 10.2 Å². The molecule has 3 aromatic rings. The SMILES string of the molecule is CCOC(=O)[C@@H](OC(C)(C)C)c1c(C)nc2cc(C(=O)NCC(=O)Cc3ccc(F)cc3)nn2c1N1CCC(C)(OC)CC1. The van der Waals surface area contributed by atoms with E-state index in [1.54, 1.807) is 31.5 Å². The van der Waals surface area contributed by atoms with Crippen molar-refractivity contribution in [1.82, 2.24) is 19.9 Å². The van der Waals surface area contributed by atoms with E-state index >= 15 is 0 Å². The van der Waals surface area contributed by atoms with Gasteiger partial charge in [-0.25, -0.2) is 14.2 Å². The number of aromatic nitrogens is 3. The minimum Gasteiger partial charge on any atom is -0.464 e. The van der Waals surface area contributed by atoms with Crippen LogP contribution >= 0.6 is 0 Å². The molecule has 0 bridgehead atoms. The average molecular weight is 612 g/mol. The van der Waals surface area contributed by atoms with E-state index in [0.29, 0.717) is 41.4 Å². The van der Waals surface area contributed by atoms with E-state index in [1.165, 1.54) is 24.3 Å². The number of piperidine rings is 1. The molecule has 1 atom stereocenters. The fraction of sp³-hybridized carbons (Fsp3) is 0.531. The predicted octanol–water partition coefficient (Wildman–Crippen LogP) is 4.14. The van der Waals surface area contributed by atoms with Crippen LogP contribution in [0.2, 0.25) is 0 Å². The first-order valence-electron chi connectivity index (χ1n) is 14.8. The second-order valence-electron chi connectivity index (χ2n) is 12.3. The summed E-state index contributed by atoms with van der Waals surface area (Å²) in [7, 11) is 1.70. The molecule has 4 rings (SSSR count). The number of fused-ring (bicyclic) bond motifs is 1. The summed E-state index contributed by atoms with van der Waals surface area (Å²) in [5.74, 6) is -1.14. The van der Waals surface area contributed by atoms with Gasteiger partial charge in [-0.15, -0.1) is 0 Å². The number of halogens is 1. The quantitative estimate of drug-likeness (QED) is 0.319. The van der Waals surface area contributed by atoms with Gasteiger partial charge in [0.1, 0.15) is 11.6 Å². The van der Waals surface area contributed by atoms with Gasteiger partial charge in [0.25, 0.3) is 5.91 Å². The maximum atomic E-state index is 13.3. The van der Waals surface area contributed by atoms with Crippen LogP contribution in [0.25, 0.3) is 5.65 Å². The molecule has 0 radical (unpaired) electrons. The molecule has 1 fully saturated rings. The molecular formula is C32H42FN5O6. The maximum absolute atomic E-state index is 13.3. The molecule has 1 aromatic carbocycles. The molecule has 0 aliphatic carbocycles. The number of carbonyl (C=O) groups is 3. The summed E-state index contributed by atoms with van der Waals surface area (Å²) in [6.07, 6.45) is 0.406. The first kappa shape index (κ1) is 33.0. The van der Waals surface area contributed by atoms with Gasteiger partial charge in [-0.1, -0.05) is 12.1 Å². The number of ketones is 1. The summed E-state index contributed by atoms with van der Waals surface area (Å²) in [6, 6.07) is 7.19. The third-order valence-electron chi connectivity index (χ3n) is 7.65. The number of carbonyl (C=O) groups excluding carboxylic acids is 3. The molecule has 0 unspecified atom stereocenters. The lowest BCUT2D eigenvalue weighted by Crippen LogP contribution is -2.45. The normalized spacial score (nSPS) is 15.7. The topological polar surface area (TPSA) is 124 Å². The zero-order valence-electron chi connectivity index (χ0n) is 26.5. The van der Waals surface area contributed by atoms with Gasteiger partial charge < -0.3 is 24.4 Å². The summed E-state index contributed by atoms with van der Waals surface area (Å²) in [4.78, 5) is 45.9. The molecule has 1 N–H and O–H groups in total. The molecule has 3 heterocycles. The van der Waals surface area contributed by atoms with Crippen LogP contribution in [-0.2, 0) is 30.2 Å². The van der Waals surface area contributed by atoms with Crippen molar-refractivity contribution in [2.75, 3.05) is 38.3 Å². The molecule has 1 saturated heterocycles. The Labute approximate surface area is 257 Å². The standard InChI is InChI=1S/C32H42FN5O6/c1-8-43-30(41)27(44-31(3,4)5)26-20(2)35-25-18-24(28(40)34-19-23(39)17-21-9-11-22(33)12-10-21)36-38(25)29(26)37-15-13-32(6,42-7)14-16-37/h9-12,18,27H,8,13-17,19H2,1-7H3,(H,34,40)/t27-/m0/s1. The number of ether oxygens (including phenoxy) is 3. The van der Waals surface area contributed by atoms with E-state index < -0.39 is 23.6 Å². The third-order valence-corrected chi connectivity index (χ3v) is 7.65. The lowest BCUT2D eigenvalue weighted by molar-refractivity contribution is -0.166. The highest BCUT2D eigenvalue weighted by Crippen LogP contribution is 2.38. The predicted molar refractivity (Wildman–Crippen MR) is 162 cm³/mol. The van der Waals surface area contributed by atoms with Crippen LogP contribution in [0, 0.1) is 12.7 Å². The van der Waals surface area contributed by atoms with E-state index in [2.05, 4.69) is 22.2 Å². The first-order chi connectivity index (χ1) is 20.7. The molecule has 0 spiro atoms. The van der Waals surface area contributed by atoms with Gasteiger partial charge in [-0.2, -0.15) is 9.61 Å². The van der Waals surface area contributed by atoms with Gasteiger partial charge in [-0.3, -0.25) is 9.59 Å². The van der Waals surface area contributed by atoms with Crippen molar-refractivity contribution in [1.29, 1.82) is 0 Å². The monoisotopic (exact) mass is 611 g/mol. The third kappa shape index (κ3) is 7.78. The largest absolute Gasteiger partial charge is 0.464 e. The Morgan fingerprint density at radius 3 is 2.39 bits per heavy atom. The first-order valence-corrected chi connectivity index (χ1v) is 14.8. The van der Waals surface area contributed by atoms with Crippen molar-refractivity contribution in [2.24, 2.45) is 0 Å². The fourth-order valence-corrected chi connectivity index (χ4v) is 5.19. The highest BCUT2D eigenvalue weighted by molar-refractivity contribution is 5.96. The lowest BCUT2D eigenvalue weighted by Gasteiger charge is -2.40. The number of esters is 1. The van der Waals surface area contributed by atoms with E-state index in [1.807, 2.05) is 20.8 Å². The summed E-state index contributed by atoms with van der Waals surface area (Å²) < 4.78 is 32.2. The second-order valence-corrected chi connectivity index (χ2v) is 12.3. The van der Waals surface area contributed by atoms with E-state index in [0.717, 1.165) is 12.8 Å². The number of rotatable bonds is 11. The van der Waals surface area contributed by atoms with Crippen LogP contribution in [0.4, 0.5) is 10.2 Å². The summed E-state index contributed by atoms with van der Waals surface area (Å²) in [5.41, 5.74) is 1.18. The minimum atomic E-state index is -1.09. The van der Waals surface area contributed by atoms with Gasteiger partial charge >= 0.3 is 5.97 Å². The number of methoxy groups -OCH3 is 1. The number of nitrogens with one attached hydrogen (secondary N) is 1. The Balaban J connectivity index is 1.71. The molecule has 12 heteroatoms. The molecule has 1 aliphatic heterocycles. The Morgan fingerprint density at radius 1 is 1.14 bits per heavy atom. The molecule has 44 heavy (non-hydrogen) atoms. The van der Waals surface area contributed by atoms with Crippen molar-refractivity contribution < 1.29 is 33.0 Å². The minimum absolute atomic E-state index is 0.0539. The van der Waals surface area contributed by atoms with Gasteiger partial charge in [0.05, 0.1) is 29.9 Å². The number of nitrogens with zero attached hydrogens (tertiary/aromatic N) is 4. The smallest absolute Gasteiger partial charge is 0.340 e. The van der Waals surface area contributed by atoms with Crippen molar-refractivity contribution in [3.63, 3.8) is 0 Å². The van der Waals surface area contributed by atoms with E-state index in [4.69, 9.17) is 19.2 Å². The zero-order chi connectivity index (χ0) is 32.2. The number of amides is 1. The summed E-state index contributed by atoms with van der Waals surface area (Å²) >= 11 is 0. The molecule has 1 aliphatic rings. The van der Waals surface area contributed by atoms with Gasteiger partial charge in [0.15, 0.2) is 23.2 Å². The number of hydrogen-bond donors (Lipinski definition) is 1. The molecule has 11 nitrogen and oxygen atoms in total.